The Morgan fingerprint density at radius 2 is 0.855 bits per heavy atom. The van der Waals surface area contributed by atoms with Gasteiger partial charge in [0.15, 0.2) is 0 Å². The molecule has 1 N–H and O–H groups in total. The van der Waals surface area contributed by atoms with E-state index >= 15 is 0 Å². The third kappa shape index (κ3) is 25.5. The number of carbonyl (C=O) groups excluding carboxylic acids is 2. The summed E-state index contributed by atoms with van der Waals surface area (Å²) in [6.45, 7) is 13.0. The van der Waals surface area contributed by atoms with Crippen LogP contribution in [0.5, 0.6) is 11.5 Å². The van der Waals surface area contributed by atoms with E-state index in [9.17, 15) is 14.7 Å². The van der Waals surface area contributed by atoms with Crippen LogP contribution in [0, 0.1) is 6.92 Å². The lowest BCUT2D eigenvalue weighted by Crippen LogP contribution is -2.21. The fraction of sp³-hybridized carbons (Fsp3) is 0.754. The molecule has 0 atom stereocenters. The van der Waals surface area contributed by atoms with Gasteiger partial charge in [-0.3, -0.25) is 9.59 Å². The maximum Gasteiger partial charge on any atom is 0.322 e. The maximum atomic E-state index is 13.6. The molecule has 354 valence electrons. The smallest absolute Gasteiger partial charge is 0.322 e. The van der Waals surface area contributed by atoms with Gasteiger partial charge in [-0.2, -0.15) is 0 Å². The van der Waals surface area contributed by atoms with Crippen LogP contribution in [0.3, 0.4) is 0 Å². The number of carbonyl (C=O) groups is 2. The van der Waals surface area contributed by atoms with Gasteiger partial charge in [0, 0.05) is 16.7 Å². The van der Waals surface area contributed by atoms with Gasteiger partial charge in [0.1, 0.15) is 24.5 Å². The highest BCUT2D eigenvalue weighted by atomic mass is 16.6. The first kappa shape index (κ1) is 55.3. The molecule has 2 aromatic rings. The molecule has 0 aliphatic carbocycles. The zero-order chi connectivity index (χ0) is 45.1. The average Bonchev–Trinajstić information content (AvgIpc) is 3.24. The van der Waals surface area contributed by atoms with E-state index in [1.165, 1.54) is 180 Å². The number of ether oxygens (including phenoxy) is 2. The molecular formula is C57H96O5. The Hall–Kier alpha value is -2.82. The van der Waals surface area contributed by atoms with Crippen LogP contribution in [0.25, 0.3) is 0 Å². The number of esters is 2. The molecule has 2 rings (SSSR count). The number of phenols is 1. The Kier molecular flexibility index (Phi) is 31.7. The molecule has 0 spiro atoms. The predicted molar refractivity (Wildman–Crippen MR) is 265 cm³/mol. The van der Waals surface area contributed by atoms with Crippen molar-refractivity contribution in [1.82, 2.24) is 0 Å². The molecule has 0 heterocycles. The van der Waals surface area contributed by atoms with Gasteiger partial charge >= 0.3 is 11.9 Å². The molecular weight excluding hydrogens is 765 g/mol. The SMILES string of the molecule is CCCCCCCCCCCCCCCCCCc1c(C)c(O)c(C(C)(C)C)c(CCCCCCCCCCCCCCCCCC)c1OC(=O)CC(=O)OCc1ccccc1. The molecule has 0 unspecified atom stereocenters. The van der Waals surface area contributed by atoms with E-state index < -0.39 is 18.4 Å². The van der Waals surface area contributed by atoms with Gasteiger partial charge in [0.2, 0.25) is 0 Å². The molecule has 0 bridgehead atoms. The summed E-state index contributed by atoms with van der Waals surface area (Å²) in [6.07, 6.45) is 43.0. The van der Waals surface area contributed by atoms with Crippen LogP contribution in [0.2, 0.25) is 0 Å². The number of benzene rings is 2. The third-order valence-corrected chi connectivity index (χ3v) is 13.0. The summed E-state index contributed by atoms with van der Waals surface area (Å²) in [5, 5.41) is 11.8. The molecule has 0 radical (unpaired) electrons. The maximum absolute atomic E-state index is 13.6. The largest absolute Gasteiger partial charge is 0.507 e. The lowest BCUT2D eigenvalue weighted by atomic mass is 9.78. The van der Waals surface area contributed by atoms with Crippen molar-refractivity contribution in [2.24, 2.45) is 0 Å². The Labute approximate surface area is 382 Å². The number of hydrogen-bond acceptors (Lipinski definition) is 5. The van der Waals surface area contributed by atoms with E-state index in [1.54, 1.807) is 0 Å². The predicted octanol–water partition coefficient (Wildman–Crippen LogP) is 17.6. The summed E-state index contributed by atoms with van der Waals surface area (Å²) in [6, 6.07) is 9.52. The minimum absolute atomic E-state index is 0.119. The van der Waals surface area contributed by atoms with Gasteiger partial charge in [-0.15, -0.1) is 0 Å². The van der Waals surface area contributed by atoms with E-state index in [-0.39, 0.29) is 12.0 Å². The fourth-order valence-corrected chi connectivity index (χ4v) is 9.17. The zero-order valence-corrected chi connectivity index (χ0v) is 41.4. The lowest BCUT2D eigenvalue weighted by molar-refractivity contribution is -0.151. The first-order valence-corrected chi connectivity index (χ1v) is 26.4. The summed E-state index contributed by atoms with van der Waals surface area (Å²) in [5.41, 5.74) is 4.02. The molecule has 0 saturated carbocycles. The minimum atomic E-state index is -0.602. The van der Waals surface area contributed by atoms with E-state index in [0.29, 0.717) is 11.5 Å². The Bertz CT molecular complexity index is 1420. The number of phenolic OH excluding ortho intramolecular Hbond substituents is 1. The van der Waals surface area contributed by atoms with Gasteiger partial charge in [-0.05, 0) is 49.1 Å². The average molecular weight is 861 g/mol. The van der Waals surface area contributed by atoms with Crippen LogP contribution in [-0.2, 0) is 39.2 Å². The minimum Gasteiger partial charge on any atom is -0.507 e. The van der Waals surface area contributed by atoms with E-state index in [1.807, 2.05) is 37.3 Å². The van der Waals surface area contributed by atoms with E-state index in [0.717, 1.165) is 66.3 Å². The van der Waals surface area contributed by atoms with Crippen molar-refractivity contribution >= 4 is 11.9 Å². The molecule has 0 aliphatic heterocycles. The standard InChI is InChI=1S/C57H96O5/c1-7-9-11-13-15-17-19-21-23-25-27-29-31-33-35-40-44-50-48(3)55(60)54(57(4,5)6)51(56(50)62-53(59)46-52(58)61-47-49-42-38-37-39-43-49)45-41-36-34-32-30-28-26-24-22-20-18-16-14-12-10-8-2/h37-39,42-43,60H,7-36,40-41,44-47H2,1-6H3. The summed E-state index contributed by atoms with van der Waals surface area (Å²) < 4.78 is 11.7. The van der Waals surface area contributed by atoms with Crippen molar-refractivity contribution in [1.29, 1.82) is 0 Å². The number of aromatic hydroxyl groups is 1. The van der Waals surface area contributed by atoms with Crippen LogP contribution < -0.4 is 4.74 Å². The molecule has 0 saturated heterocycles. The second kappa shape index (κ2) is 35.5. The molecule has 62 heavy (non-hydrogen) atoms. The summed E-state index contributed by atoms with van der Waals surface area (Å²) in [7, 11) is 0. The zero-order valence-electron chi connectivity index (χ0n) is 41.4. The summed E-state index contributed by atoms with van der Waals surface area (Å²) in [4.78, 5) is 26.4. The van der Waals surface area contributed by atoms with Crippen LogP contribution in [-0.4, -0.2) is 17.0 Å². The van der Waals surface area contributed by atoms with Gasteiger partial charge in [-0.1, -0.05) is 258 Å². The highest BCUT2D eigenvalue weighted by Crippen LogP contribution is 2.45. The molecule has 0 fully saturated rings. The van der Waals surface area contributed by atoms with E-state index in [2.05, 4.69) is 34.6 Å². The molecule has 0 aliphatic rings. The second-order valence-electron chi connectivity index (χ2n) is 19.8. The van der Waals surface area contributed by atoms with Crippen molar-refractivity contribution in [3.8, 4) is 11.5 Å². The normalized spacial score (nSPS) is 11.6. The molecule has 5 heteroatoms. The Balaban J connectivity index is 1.97. The van der Waals surface area contributed by atoms with Crippen LogP contribution >= 0.6 is 0 Å². The van der Waals surface area contributed by atoms with Crippen molar-refractivity contribution in [3.05, 3.63) is 58.1 Å². The molecule has 5 nitrogen and oxygen atoms in total. The van der Waals surface area contributed by atoms with Crippen LogP contribution in [0.1, 0.15) is 274 Å². The van der Waals surface area contributed by atoms with Gasteiger partial charge < -0.3 is 14.6 Å². The van der Waals surface area contributed by atoms with Gasteiger partial charge in [0.25, 0.3) is 0 Å². The van der Waals surface area contributed by atoms with Crippen LogP contribution in [0.15, 0.2) is 30.3 Å². The number of rotatable bonds is 39. The van der Waals surface area contributed by atoms with Crippen LogP contribution in [0.4, 0.5) is 0 Å². The van der Waals surface area contributed by atoms with Crippen molar-refractivity contribution in [2.75, 3.05) is 0 Å². The first-order valence-electron chi connectivity index (χ1n) is 26.4. The quantitative estimate of drug-likeness (QED) is 0.0314. The molecule has 0 aromatic heterocycles. The van der Waals surface area contributed by atoms with E-state index in [4.69, 9.17) is 9.47 Å². The van der Waals surface area contributed by atoms with Gasteiger partial charge in [-0.25, -0.2) is 0 Å². The second-order valence-corrected chi connectivity index (χ2v) is 19.8. The van der Waals surface area contributed by atoms with Crippen molar-refractivity contribution in [2.45, 2.75) is 278 Å². The lowest BCUT2D eigenvalue weighted by Gasteiger charge is -2.29. The number of unbranched alkanes of at least 4 members (excludes halogenated alkanes) is 30. The monoisotopic (exact) mass is 861 g/mol. The highest BCUT2D eigenvalue weighted by Gasteiger charge is 2.30. The van der Waals surface area contributed by atoms with Crippen molar-refractivity contribution in [3.63, 3.8) is 0 Å². The molecule has 0 amide bonds. The fourth-order valence-electron chi connectivity index (χ4n) is 9.17. The Morgan fingerprint density at radius 3 is 1.23 bits per heavy atom. The third-order valence-electron chi connectivity index (χ3n) is 13.0. The van der Waals surface area contributed by atoms with Gasteiger partial charge in [0.05, 0.1) is 0 Å². The summed E-state index contributed by atoms with van der Waals surface area (Å²) in [5.74, 6) is -0.288. The van der Waals surface area contributed by atoms with Crippen molar-refractivity contribution < 1.29 is 24.2 Å². The number of hydrogen-bond donors (Lipinski definition) is 1. The summed E-state index contributed by atoms with van der Waals surface area (Å²) >= 11 is 0. The molecule has 2 aromatic carbocycles. The highest BCUT2D eigenvalue weighted by molar-refractivity contribution is 5.92. The topological polar surface area (TPSA) is 72.8 Å². The first-order chi connectivity index (χ1) is 30.1. The Morgan fingerprint density at radius 1 is 0.500 bits per heavy atom.